The zero-order chi connectivity index (χ0) is 21.1. The molecule has 4 rings (SSSR count). The van der Waals surface area contributed by atoms with Crippen molar-refractivity contribution in [3.8, 4) is 0 Å². The van der Waals surface area contributed by atoms with Crippen LogP contribution >= 0.6 is 0 Å². The van der Waals surface area contributed by atoms with E-state index in [1.54, 1.807) is 30.5 Å². The number of carbonyl (C=O) groups excluding carboxylic acids is 1. The Morgan fingerprint density at radius 3 is 2.70 bits per heavy atom. The van der Waals surface area contributed by atoms with Crippen molar-refractivity contribution in [3.63, 3.8) is 0 Å². The van der Waals surface area contributed by atoms with Gasteiger partial charge in [0.25, 0.3) is 0 Å². The molecule has 4 aromatic rings. The lowest BCUT2D eigenvalue weighted by Crippen LogP contribution is -2.08. The molecule has 0 bridgehead atoms. The molecule has 0 aliphatic rings. The van der Waals surface area contributed by atoms with Crippen molar-refractivity contribution in [3.05, 3.63) is 71.1 Å². The largest absolute Gasteiger partial charge is 0.370 e. The molecule has 7 nitrogen and oxygen atoms in total. The van der Waals surface area contributed by atoms with Gasteiger partial charge in [-0.05, 0) is 49.6 Å². The third kappa shape index (κ3) is 3.98. The molecule has 3 heterocycles. The lowest BCUT2D eigenvalue weighted by Gasteiger charge is -2.09. The predicted octanol–water partition coefficient (Wildman–Crippen LogP) is 4.32. The number of hydrogen-bond donors (Lipinski definition) is 3. The van der Waals surface area contributed by atoms with Gasteiger partial charge in [-0.2, -0.15) is 0 Å². The summed E-state index contributed by atoms with van der Waals surface area (Å²) in [7, 11) is 0. The Labute approximate surface area is 172 Å². The number of rotatable bonds is 7. The topological polar surface area (TPSA) is 95.6 Å². The van der Waals surface area contributed by atoms with Crippen LogP contribution in [0.3, 0.4) is 0 Å². The second-order valence-corrected chi connectivity index (χ2v) is 7.03. The zero-order valence-corrected chi connectivity index (χ0v) is 16.7. The monoisotopic (exact) mass is 404 g/mol. The van der Waals surface area contributed by atoms with Crippen LogP contribution in [0.4, 0.5) is 21.8 Å². The number of hydrogen-bond acceptors (Lipinski definition) is 6. The van der Waals surface area contributed by atoms with Gasteiger partial charge in [0.15, 0.2) is 0 Å². The number of pyridine rings is 1. The second-order valence-electron chi connectivity index (χ2n) is 7.03. The van der Waals surface area contributed by atoms with Gasteiger partial charge in [0, 0.05) is 35.5 Å². The van der Waals surface area contributed by atoms with Crippen molar-refractivity contribution in [2.45, 2.75) is 20.3 Å². The van der Waals surface area contributed by atoms with E-state index in [-0.39, 0.29) is 5.82 Å². The summed E-state index contributed by atoms with van der Waals surface area (Å²) in [6.45, 7) is 4.57. The van der Waals surface area contributed by atoms with Crippen LogP contribution in [-0.4, -0.2) is 32.8 Å². The fourth-order valence-corrected chi connectivity index (χ4v) is 3.51. The summed E-state index contributed by atoms with van der Waals surface area (Å²) in [5.41, 5.74) is 4.19. The molecular formula is C22H21FN6O. The molecule has 0 radical (unpaired) electrons. The Bertz CT molecular complexity index is 1220. The van der Waals surface area contributed by atoms with Crippen molar-refractivity contribution >= 4 is 34.6 Å². The van der Waals surface area contributed by atoms with Gasteiger partial charge in [-0.15, -0.1) is 0 Å². The summed E-state index contributed by atoms with van der Waals surface area (Å²) in [5.74, 6) is 1.50. The fraction of sp³-hybridized carbons (Fsp3) is 0.182. The van der Waals surface area contributed by atoms with Gasteiger partial charge in [-0.3, -0.25) is 4.79 Å². The van der Waals surface area contributed by atoms with Crippen molar-refractivity contribution in [1.82, 2.24) is 19.9 Å². The zero-order valence-electron chi connectivity index (χ0n) is 16.7. The Hall–Kier alpha value is -3.81. The molecule has 3 aromatic heterocycles. The van der Waals surface area contributed by atoms with Crippen molar-refractivity contribution in [2.75, 3.05) is 17.2 Å². The summed E-state index contributed by atoms with van der Waals surface area (Å²) in [6, 6.07) is 8.33. The van der Waals surface area contributed by atoms with Crippen LogP contribution in [0.15, 0.2) is 42.9 Å². The number of aryl methyl sites for hydroxylation is 2. The number of anilines is 3. The molecule has 0 aliphatic carbocycles. The average molecular weight is 404 g/mol. The maximum atomic E-state index is 14.1. The van der Waals surface area contributed by atoms with Crippen LogP contribution in [0.1, 0.15) is 27.2 Å². The Morgan fingerprint density at radius 2 is 1.87 bits per heavy atom. The number of fused-ring (bicyclic) bond motifs is 1. The van der Waals surface area contributed by atoms with E-state index in [0.717, 1.165) is 28.5 Å². The number of aldehydes is 1. The Kier molecular flexibility index (Phi) is 5.38. The van der Waals surface area contributed by atoms with Crippen LogP contribution in [0.2, 0.25) is 0 Å². The average Bonchev–Trinajstić information content (AvgIpc) is 3.09. The van der Waals surface area contributed by atoms with Crippen molar-refractivity contribution in [1.29, 1.82) is 0 Å². The molecule has 152 valence electrons. The number of benzene rings is 1. The Balaban J connectivity index is 1.46. The van der Waals surface area contributed by atoms with Crippen LogP contribution in [0, 0.1) is 19.7 Å². The lowest BCUT2D eigenvalue weighted by atomic mass is 10.0. The van der Waals surface area contributed by atoms with Crippen LogP contribution < -0.4 is 10.6 Å². The van der Waals surface area contributed by atoms with E-state index >= 15 is 0 Å². The second kappa shape index (κ2) is 8.28. The van der Waals surface area contributed by atoms with E-state index in [4.69, 9.17) is 0 Å². The molecule has 0 saturated heterocycles. The first kappa shape index (κ1) is 19.5. The third-order valence-corrected chi connectivity index (χ3v) is 4.95. The molecule has 0 amide bonds. The summed E-state index contributed by atoms with van der Waals surface area (Å²) in [4.78, 5) is 26.7. The van der Waals surface area contributed by atoms with Crippen LogP contribution in [0.5, 0.6) is 0 Å². The number of nitrogens with zero attached hydrogens (tertiary/aromatic N) is 3. The number of H-pyrrole nitrogens is 1. The molecule has 8 heteroatoms. The predicted molar refractivity (Wildman–Crippen MR) is 115 cm³/mol. The molecule has 0 saturated carbocycles. The first-order valence-corrected chi connectivity index (χ1v) is 9.55. The third-order valence-electron chi connectivity index (χ3n) is 4.95. The van der Waals surface area contributed by atoms with Crippen LogP contribution in [0.25, 0.3) is 10.9 Å². The molecule has 0 fully saturated rings. The van der Waals surface area contributed by atoms with E-state index in [1.165, 1.54) is 12.4 Å². The van der Waals surface area contributed by atoms with E-state index in [2.05, 4.69) is 30.6 Å². The van der Waals surface area contributed by atoms with Crippen molar-refractivity contribution < 1.29 is 9.18 Å². The first-order chi connectivity index (χ1) is 14.5. The summed E-state index contributed by atoms with van der Waals surface area (Å²) in [6.07, 6.45) is 4.48. The minimum Gasteiger partial charge on any atom is -0.370 e. The molecular weight excluding hydrogens is 383 g/mol. The van der Waals surface area contributed by atoms with E-state index in [0.29, 0.717) is 41.5 Å². The van der Waals surface area contributed by atoms with Gasteiger partial charge in [0.1, 0.15) is 35.9 Å². The van der Waals surface area contributed by atoms with Gasteiger partial charge >= 0.3 is 0 Å². The molecule has 0 spiro atoms. The quantitative estimate of drug-likeness (QED) is 0.397. The number of nitrogens with one attached hydrogen (secondary N) is 3. The Morgan fingerprint density at radius 1 is 1.07 bits per heavy atom. The van der Waals surface area contributed by atoms with Gasteiger partial charge in [-0.1, -0.05) is 6.07 Å². The highest BCUT2D eigenvalue weighted by Gasteiger charge is 2.13. The van der Waals surface area contributed by atoms with E-state index < -0.39 is 0 Å². The minimum absolute atomic E-state index is 0.239. The van der Waals surface area contributed by atoms with E-state index in [9.17, 15) is 9.18 Å². The fourth-order valence-electron chi connectivity index (χ4n) is 3.51. The standard InChI is InChI=1S/C22H21FN6O/c1-13-3-4-17(23)22-21(13)16(14(2)28-22)6-8-24-18-10-20(27-12-26-18)29-19-9-15(11-30)5-7-25-19/h3-5,7,9-12,28H,6,8H2,1-2H3,(H2,24,25,26,27,29). The number of aromatic amines is 1. The normalized spacial score (nSPS) is 10.9. The highest BCUT2D eigenvalue weighted by Crippen LogP contribution is 2.28. The van der Waals surface area contributed by atoms with Crippen LogP contribution in [-0.2, 0) is 6.42 Å². The maximum absolute atomic E-state index is 14.1. The van der Waals surface area contributed by atoms with Crippen molar-refractivity contribution in [2.24, 2.45) is 0 Å². The maximum Gasteiger partial charge on any atom is 0.150 e. The summed E-state index contributed by atoms with van der Waals surface area (Å²) in [5, 5.41) is 7.29. The van der Waals surface area contributed by atoms with Gasteiger partial charge in [0.05, 0.1) is 5.52 Å². The molecule has 3 N–H and O–H groups in total. The highest BCUT2D eigenvalue weighted by molar-refractivity contribution is 5.88. The number of halogens is 1. The SMILES string of the molecule is Cc1[nH]c2c(F)ccc(C)c2c1CCNc1cc(Nc2cc(C=O)ccn2)ncn1. The molecule has 0 aliphatic heterocycles. The van der Waals surface area contributed by atoms with Gasteiger partial charge in [-0.25, -0.2) is 19.3 Å². The van der Waals surface area contributed by atoms with Gasteiger partial charge in [0.2, 0.25) is 0 Å². The number of aromatic nitrogens is 4. The molecule has 1 aromatic carbocycles. The highest BCUT2D eigenvalue weighted by atomic mass is 19.1. The molecule has 0 unspecified atom stereocenters. The van der Waals surface area contributed by atoms with Gasteiger partial charge < -0.3 is 15.6 Å². The minimum atomic E-state index is -0.239. The molecule has 0 atom stereocenters. The summed E-state index contributed by atoms with van der Waals surface area (Å²) < 4.78 is 14.1. The lowest BCUT2D eigenvalue weighted by molar-refractivity contribution is 0.112. The number of carbonyl (C=O) groups is 1. The first-order valence-electron chi connectivity index (χ1n) is 9.55. The summed E-state index contributed by atoms with van der Waals surface area (Å²) >= 11 is 0. The smallest absolute Gasteiger partial charge is 0.150 e. The molecule has 30 heavy (non-hydrogen) atoms. The van der Waals surface area contributed by atoms with E-state index in [1.807, 2.05) is 13.8 Å².